The monoisotopic (exact) mass is 346 g/mol. The number of halogens is 1. The number of likely N-dealkylation sites (tertiary alicyclic amines) is 1. The number of carbonyl (C=O) groups is 1. The molecule has 1 aromatic heterocycles. The fourth-order valence-electron chi connectivity index (χ4n) is 3.17. The van der Waals surface area contributed by atoms with Gasteiger partial charge in [-0.05, 0) is 44.0 Å². The van der Waals surface area contributed by atoms with Crippen LogP contribution in [0.3, 0.4) is 0 Å². The number of benzene rings is 1. The first-order valence-corrected chi connectivity index (χ1v) is 8.86. The molecule has 0 unspecified atom stereocenters. The molecule has 0 saturated carbocycles. The highest BCUT2D eigenvalue weighted by atomic mass is 35.5. The summed E-state index contributed by atoms with van der Waals surface area (Å²) in [6.45, 7) is 5.76. The highest BCUT2D eigenvalue weighted by Crippen LogP contribution is 2.26. The van der Waals surface area contributed by atoms with E-state index >= 15 is 0 Å². The van der Waals surface area contributed by atoms with E-state index in [1.54, 1.807) is 6.20 Å². The fourth-order valence-corrected chi connectivity index (χ4v) is 3.36. The van der Waals surface area contributed by atoms with Crippen molar-refractivity contribution in [1.82, 2.24) is 20.4 Å². The summed E-state index contributed by atoms with van der Waals surface area (Å²) in [6, 6.07) is 7.46. The van der Waals surface area contributed by atoms with Gasteiger partial charge < -0.3 is 10.2 Å². The van der Waals surface area contributed by atoms with Crippen LogP contribution in [0.4, 0.5) is 0 Å². The summed E-state index contributed by atoms with van der Waals surface area (Å²) in [6.07, 6.45) is 3.70. The number of rotatable bonds is 5. The molecule has 0 bridgehead atoms. The van der Waals surface area contributed by atoms with Crippen molar-refractivity contribution in [2.45, 2.75) is 19.8 Å². The molecule has 1 aliphatic heterocycles. The third-order valence-corrected chi connectivity index (χ3v) is 4.80. The van der Waals surface area contributed by atoms with Gasteiger partial charge in [-0.2, -0.15) is 5.10 Å². The van der Waals surface area contributed by atoms with Crippen LogP contribution in [0.2, 0.25) is 5.02 Å². The first-order chi connectivity index (χ1) is 11.7. The zero-order valence-electron chi connectivity index (χ0n) is 13.9. The van der Waals surface area contributed by atoms with Crippen LogP contribution < -0.4 is 5.32 Å². The molecule has 1 aromatic carbocycles. The molecule has 6 heteroatoms. The van der Waals surface area contributed by atoms with Crippen LogP contribution >= 0.6 is 11.6 Å². The molecule has 0 aliphatic carbocycles. The number of nitrogens with one attached hydrogen (secondary N) is 2. The molecule has 1 amide bonds. The minimum absolute atomic E-state index is 0.0422. The lowest BCUT2D eigenvalue weighted by Crippen LogP contribution is -2.40. The van der Waals surface area contributed by atoms with Crippen LogP contribution in [0, 0.1) is 5.92 Å². The number of amides is 1. The van der Waals surface area contributed by atoms with Crippen molar-refractivity contribution in [3.63, 3.8) is 0 Å². The molecule has 128 valence electrons. The first kappa shape index (κ1) is 17.0. The van der Waals surface area contributed by atoms with Gasteiger partial charge in [0.05, 0.1) is 17.5 Å². The largest absolute Gasteiger partial charge is 0.339 e. The predicted molar refractivity (Wildman–Crippen MR) is 96.2 cm³/mol. The molecular weight excluding hydrogens is 324 g/mol. The second kappa shape index (κ2) is 7.81. The van der Waals surface area contributed by atoms with Crippen molar-refractivity contribution >= 4 is 17.5 Å². The van der Waals surface area contributed by atoms with Gasteiger partial charge in [0.25, 0.3) is 5.91 Å². The minimum atomic E-state index is 0.0422. The van der Waals surface area contributed by atoms with E-state index < -0.39 is 0 Å². The summed E-state index contributed by atoms with van der Waals surface area (Å²) in [5.74, 6) is 0.700. The summed E-state index contributed by atoms with van der Waals surface area (Å²) in [5, 5.41) is 11.1. The predicted octanol–water partition coefficient (Wildman–Crippen LogP) is 3.19. The number of hydrogen-bond donors (Lipinski definition) is 2. The summed E-state index contributed by atoms with van der Waals surface area (Å²) < 4.78 is 0. The summed E-state index contributed by atoms with van der Waals surface area (Å²) in [5.41, 5.74) is 2.23. The Bertz CT molecular complexity index is 692. The average molecular weight is 347 g/mol. The lowest BCUT2D eigenvalue weighted by molar-refractivity contribution is 0.0691. The molecule has 2 aromatic rings. The molecule has 0 spiro atoms. The second-order valence-corrected chi connectivity index (χ2v) is 6.65. The maximum absolute atomic E-state index is 12.9. The lowest BCUT2D eigenvalue weighted by Gasteiger charge is -2.32. The number of carbonyl (C=O) groups excluding carboxylic acids is 1. The summed E-state index contributed by atoms with van der Waals surface area (Å²) in [4.78, 5) is 14.8. The van der Waals surface area contributed by atoms with Gasteiger partial charge in [0.15, 0.2) is 0 Å². The van der Waals surface area contributed by atoms with E-state index in [1.807, 2.05) is 29.2 Å². The smallest absolute Gasteiger partial charge is 0.257 e. The molecule has 3 rings (SSSR count). The van der Waals surface area contributed by atoms with Crippen molar-refractivity contribution in [3.8, 4) is 11.3 Å². The molecular formula is C18H23ClN4O. The number of hydrogen-bond acceptors (Lipinski definition) is 3. The fraction of sp³-hybridized carbons (Fsp3) is 0.444. The quantitative estimate of drug-likeness (QED) is 0.874. The van der Waals surface area contributed by atoms with Crippen molar-refractivity contribution in [1.29, 1.82) is 0 Å². The molecule has 2 heterocycles. The maximum Gasteiger partial charge on any atom is 0.257 e. The maximum atomic E-state index is 12.9. The zero-order valence-corrected chi connectivity index (χ0v) is 14.6. The highest BCUT2D eigenvalue weighted by Gasteiger charge is 2.26. The Morgan fingerprint density at radius 2 is 2.21 bits per heavy atom. The highest BCUT2D eigenvalue weighted by molar-refractivity contribution is 6.30. The number of nitrogens with zero attached hydrogens (tertiary/aromatic N) is 2. The lowest BCUT2D eigenvalue weighted by atomic mass is 9.96. The third-order valence-electron chi connectivity index (χ3n) is 4.57. The molecule has 2 N–H and O–H groups in total. The molecule has 1 saturated heterocycles. The number of H-pyrrole nitrogens is 1. The molecule has 0 atom stereocenters. The van der Waals surface area contributed by atoms with Crippen LogP contribution in [0.5, 0.6) is 0 Å². The van der Waals surface area contributed by atoms with E-state index in [9.17, 15) is 4.79 Å². The Morgan fingerprint density at radius 1 is 1.42 bits per heavy atom. The Labute approximate surface area is 147 Å². The van der Waals surface area contributed by atoms with E-state index in [0.29, 0.717) is 16.5 Å². The van der Waals surface area contributed by atoms with E-state index in [-0.39, 0.29) is 5.91 Å². The summed E-state index contributed by atoms with van der Waals surface area (Å²) in [7, 11) is 0. The van der Waals surface area contributed by atoms with Gasteiger partial charge in [-0.15, -0.1) is 0 Å². The first-order valence-electron chi connectivity index (χ1n) is 8.48. The standard InChI is InChI=1S/C18H23ClN4O/c1-2-20-11-13-6-8-23(9-7-13)18(24)16-12-21-22-17(16)14-4-3-5-15(19)10-14/h3-5,10,12-13,20H,2,6-9,11H2,1H3,(H,21,22). The zero-order chi connectivity index (χ0) is 16.9. The van der Waals surface area contributed by atoms with Crippen LogP contribution in [0.1, 0.15) is 30.1 Å². The van der Waals surface area contributed by atoms with Crippen LogP contribution in [0.15, 0.2) is 30.5 Å². The van der Waals surface area contributed by atoms with Crippen molar-refractivity contribution in [3.05, 3.63) is 41.0 Å². The Kier molecular flexibility index (Phi) is 5.53. The van der Waals surface area contributed by atoms with Crippen molar-refractivity contribution < 1.29 is 4.79 Å². The number of aromatic nitrogens is 2. The van der Waals surface area contributed by atoms with Gasteiger partial charge in [0.2, 0.25) is 0 Å². The third kappa shape index (κ3) is 3.79. The van der Waals surface area contributed by atoms with Gasteiger partial charge in [-0.25, -0.2) is 0 Å². The molecule has 0 radical (unpaired) electrons. The van der Waals surface area contributed by atoms with E-state index in [0.717, 1.165) is 50.3 Å². The van der Waals surface area contributed by atoms with Crippen molar-refractivity contribution in [2.24, 2.45) is 5.92 Å². The SMILES string of the molecule is CCNCC1CCN(C(=O)c2cn[nH]c2-c2cccc(Cl)c2)CC1. The van der Waals surface area contributed by atoms with E-state index in [2.05, 4.69) is 22.4 Å². The normalized spacial score (nSPS) is 15.7. The Balaban J connectivity index is 1.70. The van der Waals surface area contributed by atoms with Crippen LogP contribution in [0.25, 0.3) is 11.3 Å². The Hall–Kier alpha value is -1.85. The van der Waals surface area contributed by atoms with Crippen LogP contribution in [-0.4, -0.2) is 47.2 Å². The van der Waals surface area contributed by atoms with Crippen LogP contribution in [-0.2, 0) is 0 Å². The number of piperidine rings is 1. The average Bonchev–Trinajstić information content (AvgIpc) is 3.09. The van der Waals surface area contributed by atoms with Crippen molar-refractivity contribution in [2.75, 3.05) is 26.2 Å². The topological polar surface area (TPSA) is 61.0 Å². The van der Waals surface area contributed by atoms with Gasteiger partial charge >= 0.3 is 0 Å². The molecule has 5 nitrogen and oxygen atoms in total. The molecule has 24 heavy (non-hydrogen) atoms. The Morgan fingerprint density at radius 3 is 2.92 bits per heavy atom. The van der Waals surface area contributed by atoms with Gasteiger partial charge in [0, 0.05) is 23.7 Å². The minimum Gasteiger partial charge on any atom is -0.339 e. The van der Waals surface area contributed by atoms with E-state index in [4.69, 9.17) is 11.6 Å². The van der Waals surface area contributed by atoms with Gasteiger partial charge in [-0.1, -0.05) is 30.7 Å². The molecule has 1 fully saturated rings. The summed E-state index contributed by atoms with van der Waals surface area (Å²) >= 11 is 6.06. The van der Waals surface area contributed by atoms with E-state index in [1.165, 1.54) is 0 Å². The van der Waals surface area contributed by atoms with Gasteiger partial charge in [-0.3, -0.25) is 9.89 Å². The number of aromatic amines is 1. The van der Waals surface area contributed by atoms with Gasteiger partial charge in [0.1, 0.15) is 0 Å². The molecule has 1 aliphatic rings. The second-order valence-electron chi connectivity index (χ2n) is 6.21.